The van der Waals surface area contributed by atoms with Gasteiger partial charge >= 0.3 is 5.97 Å². The van der Waals surface area contributed by atoms with Crippen LogP contribution in [-0.4, -0.2) is 38.3 Å². The van der Waals surface area contributed by atoms with Crippen LogP contribution in [-0.2, 0) is 26.5 Å². The number of nitrogens with one attached hydrogen (secondary N) is 1. The van der Waals surface area contributed by atoms with Crippen LogP contribution in [0.3, 0.4) is 0 Å². The fourth-order valence-electron chi connectivity index (χ4n) is 7.53. The molecule has 40 heavy (non-hydrogen) atoms. The van der Waals surface area contributed by atoms with Gasteiger partial charge in [-0.3, -0.25) is 4.79 Å². The Morgan fingerprint density at radius 1 is 1.05 bits per heavy atom. The first-order valence-electron chi connectivity index (χ1n) is 14.3. The molecule has 8 rings (SSSR count). The summed E-state index contributed by atoms with van der Waals surface area (Å²) in [6.07, 6.45) is 3.28. The number of para-hydroxylation sites is 2. The quantitative estimate of drug-likeness (QED) is 0.217. The Morgan fingerprint density at radius 3 is 2.55 bits per heavy atom. The summed E-state index contributed by atoms with van der Waals surface area (Å²) < 4.78 is 16.7. The molecule has 3 aliphatic rings. The standard InChI is InChI=1S/C32H31N3O5/c1-3-4-5-10-15-39-30(37)32(38)16-23-34-21-13-8-6-11-18(21)25-26-20(17-33-29(26)36)24-19-12-7-9-14-22(19)35(28(24)27(25)34)31(32,2)40-23/h6-9,11-14,23,38H,3-5,10,15-17H2,1-2H3,(H,33,36)/t23-,31+,32+/m0/s1. The normalized spacial score (nSPS) is 24.9. The lowest BCUT2D eigenvalue weighted by atomic mass is 9.88. The van der Waals surface area contributed by atoms with Crippen LogP contribution in [0.4, 0.5) is 0 Å². The molecule has 1 amide bonds. The molecule has 1 fully saturated rings. The first-order valence-corrected chi connectivity index (χ1v) is 14.3. The minimum Gasteiger partial charge on any atom is -0.463 e. The summed E-state index contributed by atoms with van der Waals surface area (Å²) >= 11 is 0. The number of esters is 1. The Balaban J connectivity index is 1.47. The number of aliphatic hydroxyl groups is 1. The molecule has 3 atom stereocenters. The highest BCUT2D eigenvalue weighted by Crippen LogP contribution is 2.57. The molecular formula is C32H31N3O5. The van der Waals surface area contributed by atoms with Gasteiger partial charge in [0, 0.05) is 34.5 Å². The zero-order chi connectivity index (χ0) is 27.4. The number of hydrogen-bond acceptors (Lipinski definition) is 5. The summed E-state index contributed by atoms with van der Waals surface area (Å²) in [5.41, 5.74) is 1.75. The van der Waals surface area contributed by atoms with Gasteiger partial charge in [0.25, 0.3) is 5.91 Å². The predicted octanol–water partition coefficient (Wildman–Crippen LogP) is 5.61. The highest BCUT2D eigenvalue weighted by Gasteiger charge is 2.66. The zero-order valence-electron chi connectivity index (χ0n) is 22.6. The number of benzene rings is 3. The molecule has 0 aliphatic carbocycles. The third-order valence-corrected chi connectivity index (χ3v) is 9.40. The zero-order valence-corrected chi connectivity index (χ0v) is 22.6. The minimum atomic E-state index is -1.93. The second-order valence-corrected chi connectivity index (χ2v) is 11.5. The molecule has 0 radical (unpaired) electrons. The van der Waals surface area contributed by atoms with Gasteiger partial charge in [-0.1, -0.05) is 62.6 Å². The smallest absolute Gasteiger partial charge is 0.343 e. The molecule has 0 unspecified atom stereocenters. The number of carbonyl (C=O) groups excluding carboxylic acids is 2. The van der Waals surface area contributed by atoms with Crippen molar-refractivity contribution in [3.05, 3.63) is 59.7 Å². The number of ether oxygens (including phenoxy) is 2. The van der Waals surface area contributed by atoms with Crippen LogP contribution in [0, 0.1) is 0 Å². The predicted molar refractivity (Wildman–Crippen MR) is 152 cm³/mol. The lowest BCUT2D eigenvalue weighted by molar-refractivity contribution is -0.204. The van der Waals surface area contributed by atoms with Gasteiger partial charge in [0.05, 0.1) is 34.2 Å². The topological polar surface area (TPSA) is 94.7 Å². The monoisotopic (exact) mass is 537 g/mol. The van der Waals surface area contributed by atoms with E-state index < -0.39 is 23.5 Å². The SMILES string of the molecule is CCCCCCOC(=O)[C@]1(O)C[C@@H]2O[C@@]1(C)n1c3ccccc3c3c4c(c5c6ccccc6n2c5c31)C(=O)NC4. The fourth-order valence-corrected chi connectivity index (χ4v) is 7.53. The van der Waals surface area contributed by atoms with Crippen LogP contribution in [0.15, 0.2) is 48.5 Å². The van der Waals surface area contributed by atoms with Crippen LogP contribution < -0.4 is 5.32 Å². The first kappa shape index (κ1) is 24.0. The molecule has 8 nitrogen and oxygen atoms in total. The molecule has 1 saturated heterocycles. The summed E-state index contributed by atoms with van der Waals surface area (Å²) in [6, 6.07) is 16.0. The van der Waals surface area contributed by atoms with E-state index in [4.69, 9.17) is 9.47 Å². The van der Waals surface area contributed by atoms with E-state index in [1.165, 1.54) is 0 Å². The molecule has 2 bridgehead atoms. The largest absolute Gasteiger partial charge is 0.463 e. The van der Waals surface area contributed by atoms with Crippen molar-refractivity contribution in [2.45, 2.75) is 70.1 Å². The maximum absolute atomic E-state index is 13.8. The second kappa shape index (κ2) is 8.08. The molecule has 0 saturated carbocycles. The number of aromatic nitrogens is 2. The number of carbonyl (C=O) groups is 2. The molecule has 204 valence electrons. The molecular weight excluding hydrogens is 506 g/mol. The van der Waals surface area contributed by atoms with E-state index in [9.17, 15) is 14.7 Å². The van der Waals surface area contributed by atoms with Gasteiger partial charge in [0.1, 0.15) is 6.23 Å². The van der Waals surface area contributed by atoms with E-state index in [0.717, 1.165) is 74.9 Å². The van der Waals surface area contributed by atoms with Gasteiger partial charge in [-0.2, -0.15) is 0 Å². The van der Waals surface area contributed by atoms with Gasteiger partial charge in [-0.05, 0) is 31.0 Å². The van der Waals surface area contributed by atoms with Crippen molar-refractivity contribution in [1.29, 1.82) is 0 Å². The molecule has 5 heterocycles. The molecule has 0 spiro atoms. The molecule has 2 aromatic heterocycles. The lowest BCUT2D eigenvalue weighted by Crippen LogP contribution is -2.56. The summed E-state index contributed by atoms with van der Waals surface area (Å²) in [4.78, 5) is 27.1. The van der Waals surface area contributed by atoms with E-state index in [2.05, 4.69) is 16.8 Å². The van der Waals surface area contributed by atoms with Crippen molar-refractivity contribution < 1.29 is 24.2 Å². The maximum Gasteiger partial charge on any atom is 0.343 e. The molecule has 8 heteroatoms. The average Bonchev–Trinajstić information content (AvgIpc) is 3.65. The van der Waals surface area contributed by atoms with Crippen molar-refractivity contribution in [3.63, 3.8) is 0 Å². The Bertz CT molecular complexity index is 1920. The van der Waals surface area contributed by atoms with E-state index in [-0.39, 0.29) is 18.9 Å². The van der Waals surface area contributed by atoms with Gasteiger partial charge in [-0.25, -0.2) is 4.79 Å². The number of unbranched alkanes of at least 4 members (excludes halogenated alkanes) is 3. The number of rotatable bonds is 6. The van der Waals surface area contributed by atoms with Gasteiger partial charge in [-0.15, -0.1) is 0 Å². The number of fused-ring (bicyclic) bond motifs is 13. The lowest BCUT2D eigenvalue weighted by Gasteiger charge is -2.37. The van der Waals surface area contributed by atoms with Crippen LogP contribution in [0.5, 0.6) is 0 Å². The molecule has 3 aromatic carbocycles. The Labute approximate surface area is 230 Å². The van der Waals surface area contributed by atoms with Crippen molar-refractivity contribution in [2.75, 3.05) is 6.61 Å². The van der Waals surface area contributed by atoms with Crippen molar-refractivity contribution >= 4 is 55.5 Å². The number of nitrogens with zero attached hydrogens (tertiary/aromatic N) is 2. The maximum atomic E-state index is 13.8. The van der Waals surface area contributed by atoms with E-state index in [0.29, 0.717) is 12.1 Å². The summed E-state index contributed by atoms with van der Waals surface area (Å²) in [7, 11) is 0. The van der Waals surface area contributed by atoms with Gasteiger partial charge < -0.3 is 29.0 Å². The van der Waals surface area contributed by atoms with Gasteiger partial charge in [0.2, 0.25) is 5.60 Å². The van der Waals surface area contributed by atoms with E-state index in [1.807, 2.05) is 53.1 Å². The third-order valence-electron chi connectivity index (χ3n) is 9.40. The summed E-state index contributed by atoms with van der Waals surface area (Å²) in [5.74, 6) is -0.740. The molecule has 2 N–H and O–H groups in total. The number of amides is 1. The third kappa shape index (κ3) is 2.73. The highest BCUT2D eigenvalue weighted by molar-refractivity contribution is 6.31. The van der Waals surface area contributed by atoms with Crippen molar-refractivity contribution in [3.8, 4) is 0 Å². The highest BCUT2D eigenvalue weighted by atomic mass is 16.6. The van der Waals surface area contributed by atoms with E-state index >= 15 is 0 Å². The first-order chi connectivity index (χ1) is 19.4. The Morgan fingerprint density at radius 2 is 1.77 bits per heavy atom. The Hall–Kier alpha value is -3.88. The molecule has 5 aromatic rings. The van der Waals surface area contributed by atoms with Crippen molar-refractivity contribution in [1.82, 2.24) is 14.5 Å². The average molecular weight is 538 g/mol. The van der Waals surface area contributed by atoms with Crippen LogP contribution >= 0.6 is 0 Å². The van der Waals surface area contributed by atoms with E-state index in [1.54, 1.807) is 6.92 Å². The minimum absolute atomic E-state index is 0.0296. The summed E-state index contributed by atoms with van der Waals surface area (Å²) in [5, 5.41) is 19.2. The molecule has 3 aliphatic heterocycles. The van der Waals surface area contributed by atoms with Crippen LogP contribution in [0.2, 0.25) is 0 Å². The van der Waals surface area contributed by atoms with Crippen molar-refractivity contribution in [2.24, 2.45) is 0 Å². The van der Waals surface area contributed by atoms with Gasteiger partial charge in [0.15, 0.2) is 5.72 Å². The fraction of sp³-hybridized carbons (Fsp3) is 0.375. The number of hydrogen-bond donors (Lipinski definition) is 2. The Kier molecular flexibility index (Phi) is 4.84. The summed E-state index contributed by atoms with van der Waals surface area (Å²) in [6.45, 7) is 4.61. The second-order valence-electron chi connectivity index (χ2n) is 11.5. The van der Waals surface area contributed by atoms with Crippen LogP contribution in [0.1, 0.15) is 68.1 Å². The van der Waals surface area contributed by atoms with Crippen LogP contribution in [0.25, 0.3) is 43.6 Å².